The fraction of sp³-hybridized carbons (Fsp3) is 0.462. The number of ether oxygens (including phenoxy) is 2. The monoisotopic (exact) mass is 482 g/mol. The molecule has 0 aromatic heterocycles. The van der Waals surface area contributed by atoms with Crippen molar-refractivity contribution < 1.29 is 34.7 Å². The first-order valence-electron chi connectivity index (χ1n) is 11.9. The summed E-state index contributed by atoms with van der Waals surface area (Å²) in [6.07, 6.45) is -2.50. The second-order valence-electron chi connectivity index (χ2n) is 9.83. The summed E-state index contributed by atoms with van der Waals surface area (Å²) in [5.74, 6) is -1.17. The first-order valence-corrected chi connectivity index (χ1v) is 11.9. The van der Waals surface area contributed by atoms with Crippen molar-refractivity contribution in [2.75, 3.05) is 0 Å². The van der Waals surface area contributed by atoms with E-state index in [1.807, 2.05) is 0 Å². The van der Waals surface area contributed by atoms with Crippen molar-refractivity contribution in [1.29, 1.82) is 5.41 Å². The Kier molecular flexibility index (Phi) is 5.73. The van der Waals surface area contributed by atoms with E-state index in [2.05, 4.69) is 0 Å². The molecule has 9 heteroatoms. The largest absolute Gasteiger partial charge is 0.507 e. The summed E-state index contributed by atoms with van der Waals surface area (Å²) in [5, 5.41) is 52.9. The van der Waals surface area contributed by atoms with Crippen LogP contribution >= 0.6 is 0 Å². The van der Waals surface area contributed by atoms with Crippen molar-refractivity contribution in [3.63, 3.8) is 0 Å². The van der Waals surface area contributed by atoms with E-state index >= 15 is 0 Å². The van der Waals surface area contributed by atoms with Gasteiger partial charge in [-0.1, -0.05) is 31.2 Å². The van der Waals surface area contributed by atoms with Gasteiger partial charge in [-0.2, -0.15) is 0 Å². The van der Waals surface area contributed by atoms with E-state index < -0.39 is 42.0 Å². The maximum Gasteiger partial charge on any atom is 0.198 e. The number of fused-ring (bicyclic) bond motifs is 3. The molecule has 1 unspecified atom stereocenters. The molecule has 6 atom stereocenters. The molecular weight excluding hydrogens is 452 g/mol. The molecule has 1 aliphatic heterocycles. The van der Waals surface area contributed by atoms with Gasteiger partial charge in [0.1, 0.15) is 11.5 Å². The number of aliphatic hydroxyl groups is 2. The molecule has 0 radical (unpaired) electrons. The average Bonchev–Trinajstić information content (AvgIpc) is 2.83. The predicted octanol–water partition coefficient (Wildman–Crippen LogP) is 2.03. The minimum Gasteiger partial charge on any atom is -0.507 e. The van der Waals surface area contributed by atoms with Crippen LogP contribution in [0, 0.1) is 5.41 Å². The Hall–Kier alpha value is -2.82. The van der Waals surface area contributed by atoms with Gasteiger partial charge in [-0.05, 0) is 13.3 Å². The molecule has 7 N–H and O–H groups in total. The number of hydrogen-bond donors (Lipinski definition) is 6. The van der Waals surface area contributed by atoms with Gasteiger partial charge in [0.2, 0.25) is 0 Å². The highest BCUT2D eigenvalue weighted by molar-refractivity contribution is 6.31. The number of rotatable bonds is 3. The topological polar surface area (TPSA) is 166 Å². The van der Waals surface area contributed by atoms with Gasteiger partial charge < -0.3 is 35.6 Å². The van der Waals surface area contributed by atoms with Crippen LogP contribution < -0.4 is 5.73 Å². The predicted molar refractivity (Wildman–Crippen MR) is 126 cm³/mol. The van der Waals surface area contributed by atoms with E-state index in [9.17, 15) is 25.2 Å². The molecule has 2 aliphatic carbocycles. The van der Waals surface area contributed by atoms with Crippen molar-refractivity contribution in [2.45, 2.75) is 75.8 Å². The van der Waals surface area contributed by atoms with Crippen molar-refractivity contribution in [1.82, 2.24) is 0 Å². The van der Waals surface area contributed by atoms with Crippen LogP contribution in [-0.4, -0.2) is 62.1 Å². The summed E-state index contributed by atoms with van der Waals surface area (Å²) in [6, 6.07) is 6.01. The zero-order valence-corrected chi connectivity index (χ0v) is 19.6. The van der Waals surface area contributed by atoms with Gasteiger partial charge in [-0.25, -0.2) is 0 Å². The minimum absolute atomic E-state index is 0.00772. The Morgan fingerprint density at radius 2 is 1.89 bits per heavy atom. The number of nitrogens with one attached hydrogen (secondary N) is 1. The zero-order chi connectivity index (χ0) is 25.2. The number of nitrogens with two attached hydrogens (primary N) is 1. The summed E-state index contributed by atoms with van der Waals surface area (Å²) in [7, 11) is 0. The van der Waals surface area contributed by atoms with Gasteiger partial charge in [0.15, 0.2) is 12.1 Å². The fourth-order valence-corrected chi connectivity index (χ4v) is 5.54. The number of aromatic hydroxyl groups is 2. The molecular formula is C26H30N2O7. The second-order valence-corrected chi connectivity index (χ2v) is 9.83. The first-order chi connectivity index (χ1) is 16.6. The highest BCUT2D eigenvalue weighted by Gasteiger charge is 2.46. The van der Waals surface area contributed by atoms with Crippen LogP contribution in [0.15, 0.2) is 24.3 Å². The third-order valence-electron chi connectivity index (χ3n) is 7.63. The average molecular weight is 483 g/mol. The summed E-state index contributed by atoms with van der Waals surface area (Å²) >= 11 is 0. The number of phenolic OH excluding ortho intramolecular Hbond substituents is 2. The number of ketones is 1. The molecule has 0 amide bonds. The molecule has 2 aromatic carbocycles. The summed E-state index contributed by atoms with van der Waals surface area (Å²) in [6.45, 7) is 3.49. The molecule has 35 heavy (non-hydrogen) atoms. The van der Waals surface area contributed by atoms with E-state index in [0.717, 1.165) is 0 Å². The van der Waals surface area contributed by atoms with Crippen molar-refractivity contribution in [2.24, 2.45) is 5.73 Å². The van der Waals surface area contributed by atoms with Crippen molar-refractivity contribution in [3.05, 3.63) is 57.6 Å². The molecule has 0 spiro atoms. The summed E-state index contributed by atoms with van der Waals surface area (Å²) < 4.78 is 12.0. The number of benzene rings is 2. The lowest BCUT2D eigenvalue weighted by molar-refractivity contribution is -0.247. The molecule has 2 aromatic rings. The molecule has 5 rings (SSSR count). The Morgan fingerprint density at radius 1 is 1.20 bits per heavy atom. The van der Waals surface area contributed by atoms with Crippen LogP contribution in [0.5, 0.6) is 11.5 Å². The Labute approximate surface area is 202 Å². The normalized spacial score (nSPS) is 32.1. The third kappa shape index (κ3) is 3.66. The lowest BCUT2D eigenvalue weighted by Crippen LogP contribution is -2.52. The van der Waals surface area contributed by atoms with Crippen molar-refractivity contribution in [3.8, 4) is 11.5 Å². The molecule has 1 fully saturated rings. The quantitative estimate of drug-likeness (QED) is 0.308. The maximum atomic E-state index is 13.3. The molecule has 0 bridgehead atoms. The zero-order valence-electron chi connectivity index (χ0n) is 19.6. The van der Waals surface area contributed by atoms with Gasteiger partial charge in [0.25, 0.3) is 0 Å². The molecule has 186 valence electrons. The number of hydrogen-bond acceptors (Lipinski definition) is 9. The Bertz CT molecular complexity index is 1220. The standard InChI is InChI=1S/C26H30N2O7/c1-3-26(33)9-14-18(16(10-26)35-17-8-15(27)22(29)11(2)34-17)25(32)19-20(24(14)31)23(30)13-7-5-4-6-12(13)21(19)28/h4-7,11,15-17,22,28-29,31-33H,3,8-10,27H2,1-2H3/t11-,15-,16?,17-,22+,26-/m0/s1. The number of aliphatic hydroxyl groups excluding tert-OH is 1. The van der Waals surface area contributed by atoms with E-state index in [0.29, 0.717) is 12.0 Å². The SMILES string of the molecule is CC[C@]1(O)Cc2c(O)c3c(c(O)c2C(O[C@H]2C[C@H](N)[C@H](O)[C@H](C)O2)C1)C(=N)c1ccccc1C3=O. The lowest BCUT2D eigenvalue weighted by atomic mass is 9.72. The Morgan fingerprint density at radius 3 is 2.54 bits per heavy atom. The summed E-state index contributed by atoms with van der Waals surface area (Å²) in [4.78, 5) is 13.3. The van der Waals surface area contributed by atoms with Gasteiger partial charge in [0, 0.05) is 47.6 Å². The van der Waals surface area contributed by atoms with Gasteiger partial charge in [0.05, 0.1) is 40.8 Å². The van der Waals surface area contributed by atoms with Crippen LogP contribution in [-0.2, 0) is 15.9 Å². The van der Waals surface area contributed by atoms with Gasteiger partial charge in [-0.3, -0.25) is 10.2 Å². The second kappa shape index (κ2) is 8.39. The van der Waals surface area contributed by atoms with Crippen LogP contribution in [0.1, 0.15) is 77.4 Å². The highest BCUT2D eigenvalue weighted by Crippen LogP contribution is 2.52. The highest BCUT2D eigenvalue weighted by atomic mass is 16.7. The lowest BCUT2D eigenvalue weighted by Gasteiger charge is -2.42. The third-order valence-corrected chi connectivity index (χ3v) is 7.63. The summed E-state index contributed by atoms with van der Waals surface area (Å²) in [5.41, 5.74) is 5.60. The van der Waals surface area contributed by atoms with Crippen LogP contribution in [0.4, 0.5) is 0 Å². The van der Waals surface area contributed by atoms with Crippen LogP contribution in [0.3, 0.4) is 0 Å². The van der Waals surface area contributed by atoms with E-state index in [-0.39, 0.29) is 64.3 Å². The van der Waals surface area contributed by atoms with Gasteiger partial charge in [-0.15, -0.1) is 0 Å². The smallest absolute Gasteiger partial charge is 0.198 e. The van der Waals surface area contributed by atoms with E-state index in [1.54, 1.807) is 38.1 Å². The van der Waals surface area contributed by atoms with Gasteiger partial charge >= 0.3 is 0 Å². The van der Waals surface area contributed by atoms with Crippen LogP contribution in [0.2, 0.25) is 0 Å². The van der Waals surface area contributed by atoms with E-state index in [4.69, 9.17) is 20.6 Å². The minimum atomic E-state index is -1.26. The number of phenols is 2. The molecule has 1 saturated heterocycles. The van der Waals surface area contributed by atoms with E-state index in [1.165, 1.54) is 0 Å². The number of carbonyl (C=O) groups is 1. The molecule has 3 aliphatic rings. The van der Waals surface area contributed by atoms with Crippen LogP contribution in [0.25, 0.3) is 0 Å². The molecule has 9 nitrogen and oxygen atoms in total. The number of carbonyl (C=O) groups excluding carboxylic acids is 1. The molecule has 0 saturated carbocycles. The Balaban J connectivity index is 1.64. The maximum absolute atomic E-state index is 13.3. The molecule has 1 heterocycles. The first kappa shape index (κ1) is 23.9. The fourth-order valence-electron chi connectivity index (χ4n) is 5.54. The van der Waals surface area contributed by atoms with Crippen molar-refractivity contribution >= 4 is 11.5 Å².